The summed E-state index contributed by atoms with van der Waals surface area (Å²) >= 11 is 3.72. The van der Waals surface area contributed by atoms with E-state index in [0.29, 0.717) is 0 Å². The number of fused-ring (bicyclic) bond motifs is 2. The third-order valence-corrected chi connectivity index (χ3v) is 9.53. The first kappa shape index (κ1) is 17.1. The maximum absolute atomic E-state index is 2.32. The van der Waals surface area contributed by atoms with Crippen molar-refractivity contribution < 1.29 is 0 Å². The number of rotatable bonds is 3. The van der Waals surface area contributed by atoms with Crippen molar-refractivity contribution in [2.24, 2.45) is 0 Å². The van der Waals surface area contributed by atoms with E-state index in [4.69, 9.17) is 0 Å². The molecule has 1 aliphatic heterocycles. The van der Waals surface area contributed by atoms with E-state index in [1.807, 2.05) is 23.5 Å². The number of hydrogen-bond acceptors (Lipinski definition) is 2. The van der Waals surface area contributed by atoms with Gasteiger partial charge < -0.3 is 0 Å². The van der Waals surface area contributed by atoms with Crippen molar-refractivity contribution in [1.82, 2.24) is 0 Å². The number of benzene rings is 4. The molecular formula is C24H18S3. The van der Waals surface area contributed by atoms with Crippen LogP contribution < -0.4 is 0 Å². The summed E-state index contributed by atoms with van der Waals surface area (Å²) in [6.07, 6.45) is 0. The molecule has 0 radical (unpaired) electrons. The highest BCUT2D eigenvalue weighted by atomic mass is 32.2. The first-order valence-corrected chi connectivity index (χ1v) is 11.8. The Hall–Kier alpha value is -2.07. The Kier molecular flexibility index (Phi) is 4.74. The molecule has 0 fully saturated rings. The van der Waals surface area contributed by atoms with E-state index in [1.54, 1.807) is 0 Å². The summed E-state index contributed by atoms with van der Waals surface area (Å²) in [5, 5.41) is 0. The SMILES string of the molecule is c1ccc(Sc2ccc([SH]3c4ccccc4Sc4ccccc43)cc2)cc1. The van der Waals surface area contributed by atoms with Crippen LogP contribution in [0.1, 0.15) is 0 Å². The minimum atomic E-state index is -0.500. The molecule has 0 atom stereocenters. The molecule has 0 aliphatic carbocycles. The van der Waals surface area contributed by atoms with Gasteiger partial charge in [0.05, 0.1) is 0 Å². The fourth-order valence-electron chi connectivity index (χ4n) is 3.27. The minimum Gasteiger partial charge on any atom is -0.171 e. The van der Waals surface area contributed by atoms with Crippen molar-refractivity contribution in [3.05, 3.63) is 103 Å². The standard InChI is InChI=1S/C24H18S3/c1-2-8-18(9-3-1)25-19-14-16-20(17-15-19)27-23-12-6-4-10-21(23)26-22-11-5-7-13-24(22)27/h1-17,27H. The number of thiol groups is 1. The van der Waals surface area contributed by atoms with Crippen molar-refractivity contribution in [3.8, 4) is 0 Å². The van der Waals surface area contributed by atoms with Gasteiger partial charge in [-0.15, -0.1) is 0 Å². The van der Waals surface area contributed by atoms with Crippen LogP contribution in [0.4, 0.5) is 0 Å². The Labute approximate surface area is 171 Å². The van der Waals surface area contributed by atoms with Gasteiger partial charge in [-0.05, 0) is 65.6 Å². The molecular weight excluding hydrogens is 384 g/mol. The van der Waals surface area contributed by atoms with Gasteiger partial charge in [0.2, 0.25) is 0 Å². The van der Waals surface area contributed by atoms with E-state index in [9.17, 15) is 0 Å². The summed E-state index contributed by atoms with van der Waals surface area (Å²) < 4.78 is 0. The largest absolute Gasteiger partial charge is 0.171 e. The molecule has 0 unspecified atom stereocenters. The van der Waals surface area contributed by atoms with Crippen LogP contribution in [0.5, 0.6) is 0 Å². The van der Waals surface area contributed by atoms with Gasteiger partial charge in [-0.25, -0.2) is 0 Å². The van der Waals surface area contributed by atoms with E-state index in [0.717, 1.165) is 0 Å². The average Bonchev–Trinajstić information content (AvgIpc) is 2.73. The van der Waals surface area contributed by atoms with Crippen molar-refractivity contribution >= 4 is 34.4 Å². The third kappa shape index (κ3) is 3.43. The van der Waals surface area contributed by atoms with Crippen LogP contribution >= 0.6 is 34.4 Å². The Morgan fingerprint density at radius 3 is 1.67 bits per heavy atom. The monoisotopic (exact) mass is 402 g/mol. The molecule has 0 saturated heterocycles. The highest BCUT2D eigenvalue weighted by molar-refractivity contribution is 8.18. The molecule has 0 spiro atoms. The van der Waals surface area contributed by atoms with Crippen LogP contribution in [-0.2, 0) is 0 Å². The van der Waals surface area contributed by atoms with E-state index in [2.05, 4.69) is 103 Å². The average molecular weight is 403 g/mol. The first-order valence-electron chi connectivity index (χ1n) is 8.87. The Morgan fingerprint density at radius 2 is 1.04 bits per heavy atom. The molecule has 5 rings (SSSR count). The smallest absolute Gasteiger partial charge is 0.0247 e. The summed E-state index contributed by atoms with van der Waals surface area (Å²) in [7, 11) is -0.500. The second-order valence-corrected chi connectivity index (χ2v) is 10.7. The summed E-state index contributed by atoms with van der Waals surface area (Å²) in [5.41, 5.74) is 0. The van der Waals surface area contributed by atoms with Crippen LogP contribution in [0, 0.1) is 0 Å². The summed E-state index contributed by atoms with van der Waals surface area (Å²) in [6, 6.07) is 37.5. The molecule has 1 aliphatic rings. The van der Waals surface area contributed by atoms with Crippen molar-refractivity contribution in [2.75, 3.05) is 0 Å². The van der Waals surface area contributed by atoms with Crippen LogP contribution in [0.25, 0.3) is 0 Å². The maximum Gasteiger partial charge on any atom is 0.0247 e. The lowest BCUT2D eigenvalue weighted by atomic mass is 10.3. The molecule has 0 amide bonds. The second kappa shape index (κ2) is 7.51. The van der Waals surface area contributed by atoms with Gasteiger partial charge in [0.25, 0.3) is 0 Å². The zero-order valence-electron chi connectivity index (χ0n) is 14.6. The molecule has 0 nitrogen and oxygen atoms in total. The zero-order chi connectivity index (χ0) is 18.1. The molecule has 0 bridgehead atoms. The predicted octanol–water partition coefficient (Wildman–Crippen LogP) is 7.78. The zero-order valence-corrected chi connectivity index (χ0v) is 17.1. The molecule has 3 heteroatoms. The van der Waals surface area contributed by atoms with Gasteiger partial charge in [-0.3, -0.25) is 0 Å². The van der Waals surface area contributed by atoms with Crippen LogP contribution in [0.2, 0.25) is 0 Å². The molecule has 0 saturated carbocycles. The molecule has 132 valence electrons. The molecule has 27 heavy (non-hydrogen) atoms. The Morgan fingerprint density at radius 1 is 0.519 bits per heavy atom. The van der Waals surface area contributed by atoms with Gasteiger partial charge in [0.1, 0.15) is 0 Å². The van der Waals surface area contributed by atoms with Crippen LogP contribution in [0.3, 0.4) is 0 Å². The number of hydrogen-bond donors (Lipinski definition) is 1. The van der Waals surface area contributed by atoms with Crippen LogP contribution in [0.15, 0.2) is 137 Å². The van der Waals surface area contributed by atoms with Gasteiger partial charge >= 0.3 is 0 Å². The summed E-state index contributed by atoms with van der Waals surface area (Å²) in [6.45, 7) is 0. The van der Waals surface area contributed by atoms with Gasteiger partial charge in [0, 0.05) is 29.4 Å². The quantitative estimate of drug-likeness (QED) is 0.306. The van der Waals surface area contributed by atoms with Gasteiger partial charge in [-0.2, -0.15) is 10.9 Å². The van der Waals surface area contributed by atoms with E-state index in [-0.39, 0.29) is 0 Å². The maximum atomic E-state index is 2.32. The van der Waals surface area contributed by atoms with Crippen molar-refractivity contribution in [1.29, 1.82) is 0 Å². The highest BCUT2D eigenvalue weighted by Crippen LogP contribution is 2.61. The summed E-state index contributed by atoms with van der Waals surface area (Å²) in [4.78, 5) is 9.71. The minimum absolute atomic E-state index is 0.500. The lowest BCUT2D eigenvalue weighted by Gasteiger charge is -2.31. The second-order valence-electron chi connectivity index (χ2n) is 6.28. The van der Waals surface area contributed by atoms with Gasteiger partial charge in [-0.1, -0.05) is 66.0 Å². The molecule has 0 aromatic heterocycles. The first-order chi connectivity index (χ1) is 13.4. The summed E-state index contributed by atoms with van der Waals surface area (Å²) in [5.74, 6) is 0. The fraction of sp³-hybridized carbons (Fsp3) is 0. The topological polar surface area (TPSA) is 0 Å². The molecule has 4 aromatic rings. The molecule has 1 heterocycles. The third-order valence-electron chi connectivity index (χ3n) is 4.51. The van der Waals surface area contributed by atoms with E-state index < -0.39 is 10.9 Å². The van der Waals surface area contributed by atoms with Crippen molar-refractivity contribution in [3.63, 3.8) is 0 Å². The molecule has 0 N–H and O–H groups in total. The lowest BCUT2D eigenvalue weighted by molar-refractivity contribution is 1.13. The highest BCUT2D eigenvalue weighted by Gasteiger charge is 2.24. The fourth-order valence-corrected chi connectivity index (χ4v) is 8.13. The predicted molar refractivity (Wildman–Crippen MR) is 118 cm³/mol. The van der Waals surface area contributed by atoms with Gasteiger partial charge in [0.15, 0.2) is 0 Å². The van der Waals surface area contributed by atoms with E-state index in [1.165, 1.54) is 34.3 Å². The van der Waals surface area contributed by atoms with E-state index >= 15 is 0 Å². The normalized spacial score (nSPS) is 13.7. The Bertz CT molecular complexity index is 1030. The van der Waals surface area contributed by atoms with Crippen LogP contribution in [-0.4, -0.2) is 0 Å². The Balaban J connectivity index is 1.53. The lowest BCUT2D eigenvalue weighted by Crippen LogP contribution is -1.97. The van der Waals surface area contributed by atoms with Crippen molar-refractivity contribution in [2.45, 2.75) is 34.3 Å². The molecule has 4 aromatic carbocycles.